The van der Waals surface area contributed by atoms with Crippen molar-refractivity contribution in [1.82, 2.24) is 4.90 Å². The van der Waals surface area contributed by atoms with E-state index in [1.807, 2.05) is 18.2 Å². The lowest BCUT2D eigenvalue weighted by Gasteiger charge is -2.17. The summed E-state index contributed by atoms with van der Waals surface area (Å²) in [7, 11) is 0. The Morgan fingerprint density at radius 3 is 2.23 bits per heavy atom. The Balaban J connectivity index is 0.00000243. The number of nitrogens with zero attached hydrogens (tertiary/aromatic N) is 1. The zero-order valence-electron chi connectivity index (χ0n) is 14.2. The van der Waals surface area contributed by atoms with Crippen LogP contribution in [0.3, 0.4) is 0 Å². The predicted molar refractivity (Wildman–Crippen MR) is 97.4 cm³/mol. The van der Waals surface area contributed by atoms with Gasteiger partial charge in [0.15, 0.2) is 0 Å². The van der Waals surface area contributed by atoms with Crippen LogP contribution in [-0.4, -0.2) is 30.9 Å². The molecule has 0 unspecified atom stereocenters. The summed E-state index contributed by atoms with van der Waals surface area (Å²) in [5.41, 5.74) is 8.19. The molecule has 0 bridgehead atoms. The van der Waals surface area contributed by atoms with Crippen LogP contribution in [0.15, 0.2) is 54.6 Å². The largest absolute Gasteiger partial charge is 0.573 e. The minimum atomic E-state index is -4.66. The summed E-state index contributed by atoms with van der Waals surface area (Å²) in [6.07, 6.45) is -4.66. The summed E-state index contributed by atoms with van der Waals surface area (Å²) in [6.45, 7) is 3.09. The minimum Gasteiger partial charge on any atom is -0.406 e. The lowest BCUT2D eigenvalue weighted by atomic mass is 9.89. The van der Waals surface area contributed by atoms with Crippen LogP contribution >= 0.6 is 12.4 Å². The number of nitrogens with two attached hydrogens (primary N) is 1. The Morgan fingerprint density at radius 1 is 1.00 bits per heavy atom. The lowest BCUT2D eigenvalue weighted by molar-refractivity contribution is -0.274. The Labute approximate surface area is 157 Å². The molecule has 2 N–H and O–H groups in total. The highest BCUT2D eigenvalue weighted by atomic mass is 35.5. The third kappa shape index (κ3) is 5.37. The lowest BCUT2D eigenvalue weighted by Crippen LogP contribution is -2.23. The van der Waals surface area contributed by atoms with Gasteiger partial charge < -0.3 is 10.5 Å². The predicted octanol–water partition coefficient (Wildman–Crippen LogP) is 4.18. The van der Waals surface area contributed by atoms with Gasteiger partial charge in [-0.25, -0.2) is 0 Å². The first-order valence-corrected chi connectivity index (χ1v) is 8.26. The molecule has 3 rings (SSSR count). The van der Waals surface area contributed by atoms with Gasteiger partial charge in [0.05, 0.1) is 0 Å². The number of halogens is 4. The van der Waals surface area contributed by atoms with E-state index in [1.54, 1.807) is 12.1 Å². The quantitative estimate of drug-likeness (QED) is 0.837. The van der Waals surface area contributed by atoms with Crippen LogP contribution < -0.4 is 10.5 Å². The van der Waals surface area contributed by atoms with Crippen LogP contribution in [0.2, 0.25) is 0 Å². The Kier molecular flexibility index (Phi) is 6.92. The van der Waals surface area contributed by atoms with Gasteiger partial charge in [-0.1, -0.05) is 42.5 Å². The van der Waals surface area contributed by atoms with Gasteiger partial charge in [0, 0.05) is 25.6 Å². The zero-order chi connectivity index (χ0) is 17.9. The van der Waals surface area contributed by atoms with E-state index in [0.717, 1.165) is 18.7 Å². The Morgan fingerprint density at radius 2 is 1.65 bits per heavy atom. The molecule has 2 aromatic rings. The SMILES string of the molecule is Cl.NC[C@@H]1CN(Cc2ccc(OC(F)(F)F)cc2)C[C@H]1c1ccccc1. The molecule has 1 fully saturated rings. The van der Waals surface area contributed by atoms with Gasteiger partial charge in [-0.3, -0.25) is 4.90 Å². The molecule has 0 aromatic heterocycles. The van der Waals surface area contributed by atoms with E-state index in [1.165, 1.54) is 17.7 Å². The van der Waals surface area contributed by atoms with E-state index in [9.17, 15) is 13.2 Å². The van der Waals surface area contributed by atoms with Crippen molar-refractivity contribution < 1.29 is 17.9 Å². The fraction of sp³-hybridized carbons (Fsp3) is 0.368. The summed E-state index contributed by atoms with van der Waals surface area (Å²) in [6, 6.07) is 16.4. The monoisotopic (exact) mass is 386 g/mol. The van der Waals surface area contributed by atoms with Crippen molar-refractivity contribution in [2.75, 3.05) is 19.6 Å². The second-order valence-electron chi connectivity index (χ2n) is 6.40. The number of ether oxygens (including phenoxy) is 1. The first-order valence-electron chi connectivity index (χ1n) is 8.26. The average molecular weight is 387 g/mol. The van der Waals surface area contributed by atoms with Gasteiger partial charge in [0.25, 0.3) is 0 Å². The maximum atomic E-state index is 12.2. The third-order valence-electron chi connectivity index (χ3n) is 4.61. The number of hydrogen-bond donors (Lipinski definition) is 1. The van der Waals surface area contributed by atoms with Crippen molar-refractivity contribution >= 4 is 12.4 Å². The first kappa shape index (κ1) is 20.6. The van der Waals surface area contributed by atoms with Gasteiger partial charge in [-0.2, -0.15) is 0 Å². The van der Waals surface area contributed by atoms with Crippen molar-refractivity contribution in [1.29, 1.82) is 0 Å². The van der Waals surface area contributed by atoms with Crippen LogP contribution in [0.4, 0.5) is 13.2 Å². The molecule has 0 saturated carbocycles. The smallest absolute Gasteiger partial charge is 0.406 e. The van der Waals surface area contributed by atoms with Crippen molar-refractivity contribution in [3.8, 4) is 5.75 Å². The number of likely N-dealkylation sites (tertiary alicyclic amines) is 1. The normalized spacial score (nSPS) is 20.6. The molecule has 0 aliphatic carbocycles. The highest BCUT2D eigenvalue weighted by Gasteiger charge is 2.33. The maximum Gasteiger partial charge on any atom is 0.573 e. The molecule has 1 aliphatic heterocycles. The second kappa shape index (κ2) is 8.75. The van der Waals surface area contributed by atoms with Crippen LogP contribution in [-0.2, 0) is 6.54 Å². The summed E-state index contributed by atoms with van der Waals surface area (Å²) in [5, 5.41) is 0. The van der Waals surface area contributed by atoms with Crippen molar-refractivity contribution in [3.05, 3.63) is 65.7 Å². The summed E-state index contributed by atoms with van der Waals surface area (Å²) in [4.78, 5) is 2.30. The van der Waals surface area contributed by atoms with Gasteiger partial charge in [0.1, 0.15) is 5.75 Å². The van der Waals surface area contributed by atoms with Gasteiger partial charge in [-0.05, 0) is 35.7 Å². The Bertz CT molecular complexity index is 679. The molecule has 3 nitrogen and oxygen atoms in total. The highest BCUT2D eigenvalue weighted by molar-refractivity contribution is 5.85. The van der Waals surface area contributed by atoms with Crippen LogP contribution in [0, 0.1) is 5.92 Å². The number of hydrogen-bond acceptors (Lipinski definition) is 3. The van der Waals surface area contributed by atoms with Crippen molar-refractivity contribution in [2.45, 2.75) is 18.8 Å². The molecule has 0 radical (unpaired) electrons. The second-order valence-corrected chi connectivity index (χ2v) is 6.40. The maximum absolute atomic E-state index is 12.2. The fourth-order valence-electron chi connectivity index (χ4n) is 3.46. The number of benzene rings is 2. The zero-order valence-corrected chi connectivity index (χ0v) is 15.0. The molecule has 1 heterocycles. The summed E-state index contributed by atoms with van der Waals surface area (Å²) >= 11 is 0. The van der Waals surface area contributed by atoms with Crippen LogP contribution in [0.1, 0.15) is 17.0 Å². The van der Waals surface area contributed by atoms with E-state index in [-0.39, 0.29) is 18.2 Å². The van der Waals surface area contributed by atoms with Gasteiger partial charge in [0.2, 0.25) is 0 Å². The first-order chi connectivity index (χ1) is 11.9. The average Bonchev–Trinajstić information content (AvgIpc) is 2.99. The number of rotatable bonds is 5. The van der Waals surface area contributed by atoms with Gasteiger partial charge in [-0.15, -0.1) is 25.6 Å². The molecule has 2 atom stereocenters. The van der Waals surface area contributed by atoms with Crippen molar-refractivity contribution in [2.24, 2.45) is 11.7 Å². The standard InChI is InChI=1S/C19H21F3N2O.ClH/c20-19(21,22)25-17-8-6-14(7-9-17)11-24-12-16(10-23)18(13-24)15-4-2-1-3-5-15;/h1-9,16,18H,10-13,23H2;1H/t16-,18+;/m1./s1. The molecule has 1 aliphatic rings. The minimum absolute atomic E-state index is 0. The molecule has 26 heavy (non-hydrogen) atoms. The highest BCUT2D eigenvalue weighted by Crippen LogP contribution is 2.33. The fourth-order valence-corrected chi connectivity index (χ4v) is 3.46. The van der Waals surface area contributed by atoms with Crippen LogP contribution in [0.5, 0.6) is 5.75 Å². The van der Waals surface area contributed by atoms with E-state index < -0.39 is 6.36 Å². The molecule has 0 spiro atoms. The van der Waals surface area contributed by atoms with Crippen molar-refractivity contribution in [3.63, 3.8) is 0 Å². The topological polar surface area (TPSA) is 38.5 Å². The molecule has 1 saturated heterocycles. The number of alkyl halides is 3. The molecule has 0 amide bonds. The molecule has 2 aromatic carbocycles. The molecular weight excluding hydrogens is 365 g/mol. The van der Waals surface area contributed by atoms with E-state index in [2.05, 4.69) is 21.8 Å². The Hall–Kier alpha value is -1.76. The summed E-state index contributed by atoms with van der Waals surface area (Å²) < 4.78 is 40.5. The third-order valence-corrected chi connectivity index (χ3v) is 4.61. The summed E-state index contributed by atoms with van der Waals surface area (Å²) in [5.74, 6) is 0.578. The molecule has 142 valence electrons. The van der Waals surface area contributed by atoms with E-state index in [4.69, 9.17) is 5.73 Å². The van der Waals surface area contributed by atoms with Gasteiger partial charge >= 0.3 is 6.36 Å². The molecular formula is C19H22ClF3N2O. The van der Waals surface area contributed by atoms with Crippen LogP contribution in [0.25, 0.3) is 0 Å². The van der Waals surface area contributed by atoms with E-state index in [0.29, 0.717) is 24.9 Å². The molecule has 7 heteroatoms. The van der Waals surface area contributed by atoms with E-state index >= 15 is 0 Å².